The lowest BCUT2D eigenvalue weighted by Crippen LogP contribution is -2.06. The van der Waals surface area contributed by atoms with Gasteiger partial charge in [0.15, 0.2) is 5.69 Å². The number of aromatic nitrogens is 1. The Morgan fingerprint density at radius 1 is 1.77 bits per heavy atom. The van der Waals surface area contributed by atoms with Gasteiger partial charge >= 0.3 is 5.97 Å². The minimum absolute atomic E-state index is 0.110. The molecule has 0 fully saturated rings. The van der Waals surface area contributed by atoms with E-state index in [9.17, 15) is 4.79 Å². The van der Waals surface area contributed by atoms with Crippen LogP contribution in [-0.4, -0.2) is 22.7 Å². The standard InChI is InChI=1S/C8H10N2O3/c1-2-13-5-3-6(9)7(8(11)12)10-4-5/h3-4H,2,9H2,1H3,(H,11,12). The summed E-state index contributed by atoms with van der Waals surface area (Å²) in [4.78, 5) is 14.2. The van der Waals surface area contributed by atoms with Gasteiger partial charge in [-0.3, -0.25) is 0 Å². The van der Waals surface area contributed by atoms with Crippen molar-refractivity contribution in [2.45, 2.75) is 6.92 Å². The van der Waals surface area contributed by atoms with Gasteiger partial charge in [0.2, 0.25) is 0 Å². The number of carboxylic acids is 1. The van der Waals surface area contributed by atoms with Crippen molar-refractivity contribution < 1.29 is 14.6 Å². The Labute approximate surface area is 75.2 Å². The number of nitrogens with zero attached hydrogens (tertiary/aromatic N) is 1. The summed E-state index contributed by atoms with van der Waals surface area (Å²) in [6.07, 6.45) is 1.34. The van der Waals surface area contributed by atoms with E-state index >= 15 is 0 Å². The van der Waals surface area contributed by atoms with E-state index in [0.29, 0.717) is 12.4 Å². The fourth-order valence-electron chi connectivity index (χ4n) is 0.886. The van der Waals surface area contributed by atoms with Crippen LogP contribution in [0.25, 0.3) is 0 Å². The first-order valence-corrected chi connectivity index (χ1v) is 3.76. The summed E-state index contributed by atoms with van der Waals surface area (Å²) in [7, 11) is 0. The molecule has 1 aromatic heterocycles. The van der Waals surface area contributed by atoms with Gasteiger partial charge in [-0.05, 0) is 6.92 Å². The van der Waals surface area contributed by atoms with Gasteiger partial charge in [-0.15, -0.1) is 0 Å². The molecule has 0 atom stereocenters. The molecule has 5 nitrogen and oxygen atoms in total. The van der Waals surface area contributed by atoms with E-state index < -0.39 is 5.97 Å². The summed E-state index contributed by atoms with van der Waals surface area (Å²) in [6, 6.07) is 1.44. The smallest absolute Gasteiger partial charge is 0.356 e. The molecule has 0 aliphatic carbocycles. The fourth-order valence-corrected chi connectivity index (χ4v) is 0.886. The molecule has 70 valence electrons. The number of ether oxygens (including phenoxy) is 1. The number of nitrogens with two attached hydrogens (primary N) is 1. The molecule has 1 rings (SSSR count). The van der Waals surface area contributed by atoms with Crippen molar-refractivity contribution in [1.29, 1.82) is 0 Å². The molecule has 0 saturated heterocycles. The van der Waals surface area contributed by atoms with E-state index in [1.807, 2.05) is 6.92 Å². The van der Waals surface area contributed by atoms with Gasteiger partial charge in [0.05, 0.1) is 18.5 Å². The van der Waals surface area contributed by atoms with Crippen LogP contribution >= 0.6 is 0 Å². The van der Waals surface area contributed by atoms with E-state index in [1.54, 1.807) is 0 Å². The molecule has 0 aliphatic heterocycles. The molecular weight excluding hydrogens is 172 g/mol. The van der Waals surface area contributed by atoms with E-state index in [0.717, 1.165) is 0 Å². The maximum atomic E-state index is 10.5. The topological polar surface area (TPSA) is 85.4 Å². The molecule has 1 aromatic rings. The van der Waals surface area contributed by atoms with Crippen molar-refractivity contribution in [1.82, 2.24) is 4.98 Å². The van der Waals surface area contributed by atoms with Gasteiger partial charge in [-0.2, -0.15) is 0 Å². The maximum absolute atomic E-state index is 10.5. The first-order valence-electron chi connectivity index (χ1n) is 3.76. The highest BCUT2D eigenvalue weighted by atomic mass is 16.5. The van der Waals surface area contributed by atoms with Crippen LogP contribution in [0.5, 0.6) is 5.75 Å². The lowest BCUT2D eigenvalue weighted by atomic mass is 10.3. The third-order valence-corrected chi connectivity index (χ3v) is 1.41. The van der Waals surface area contributed by atoms with E-state index in [2.05, 4.69) is 4.98 Å². The van der Waals surface area contributed by atoms with E-state index in [-0.39, 0.29) is 11.4 Å². The molecular formula is C8H10N2O3. The van der Waals surface area contributed by atoms with Gasteiger partial charge < -0.3 is 15.6 Å². The quantitative estimate of drug-likeness (QED) is 0.720. The summed E-state index contributed by atoms with van der Waals surface area (Å²) < 4.78 is 5.09. The first-order chi connectivity index (χ1) is 6.15. The molecule has 5 heteroatoms. The second kappa shape index (κ2) is 3.75. The average Bonchev–Trinajstić information content (AvgIpc) is 2.04. The van der Waals surface area contributed by atoms with E-state index in [1.165, 1.54) is 12.3 Å². The Bertz CT molecular complexity index is 325. The number of carboxylic acid groups (broad SMARTS) is 1. The van der Waals surface area contributed by atoms with Crippen LogP contribution in [0.4, 0.5) is 5.69 Å². The molecule has 13 heavy (non-hydrogen) atoms. The number of hydrogen-bond acceptors (Lipinski definition) is 4. The van der Waals surface area contributed by atoms with Gasteiger partial charge in [0.1, 0.15) is 5.75 Å². The number of aromatic carboxylic acids is 1. The zero-order valence-corrected chi connectivity index (χ0v) is 7.15. The number of nitrogen functional groups attached to an aromatic ring is 1. The summed E-state index contributed by atoms with van der Waals surface area (Å²) in [5.41, 5.74) is 5.39. The van der Waals surface area contributed by atoms with Crippen LogP contribution in [0.1, 0.15) is 17.4 Å². The Hall–Kier alpha value is -1.78. The number of hydrogen-bond donors (Lipinski definition) is 2. The third kappa shape index (κ3) is 2.08. The van der Waals surface area contributed by atoms with Crippen LogP contribution in [0.15, 0.2) is 12.3 Å². The molecule has 0 saturated carbocycles. The fraction of sp³-hybridized carbons (Fsp3) is 0.250. The number of anilines is 1. The van der Waals surface area contributed by atoms with Crippen LogP contribution < -0.4 is 10.5 Å². The zero-order chi connectivity index (χ0) is 9.84. The number of rotatable bonds is 3. The van der Waals surface area contributed by atoms with Crippen LogP contribution in [-0.2, 0) is 0 Å². The monoisotopic (exact) mass is 182 g/mol. The van der Waals surface area contributed by atoms with Gasteiger partial charge in [0, 0.05) is 6.07 Å². The number of pyridine rings is 1. The predicted octanol–water partition coefficient (Wildman–Crippen LogP) is 0.761. The molecule has 0 radical (unpaired) electrons. The Kier molecular flexibility index (Phi) is 2.69. The van der Waals surface area contributed by atoms with Crippen LogP contribution in [0.2, 0.25) is 0 Å². The summed E-state index contributed by atoms with van der Waals surface area (Å²) >= 11 is 0. The molecule has 1 heterocycles. The lowest BCUT2D eigenvalue weighted by Gasteiger charge is -2.04. The normalized spacial score (nSPS) is 9.62. The first kappa shape index (κ1) is 9.31. The van der Waals surface area contributed by atoms with Crippen molar-refractivity contribution in [3.63, 3.8) is 0 Å². The van der Waals surface area contributed by atoms with Gasteiger partial charge in [-0.1, -0.05) is 0 Å². The molecule has 0 unspecified atom stereocenters. The second-order valence-corrected chi connectivity index (χ2v) is 2.35. The van der Waals surface area contributed by atoms with Crippen molar-refractivity contribution in [2.24, 2.45) is 0 Å². The maximum Gasteiger partial charge on any atom is 0.356 e. The molecule has 0 aromatic carbocycles. The summed E-state index contributed by atoms with van der Waals surface area (Å²) in [5, 5.41) is 8.60. The molecule has 0 amide bonds. The number of carbonyl (C=O) groups is 1. The van der Waals surface area contributed by atoms with Crippen molar-refractivity contribution in [3.05, 3.63) is 18.0 Å². The zero-order valence-electron chi connectivity index (χ0n) is 7.15. The third-order valence-electron chi connectivity index (χ3n) is 1.41. The average molecular weight is 182 g/mol. The highest BCUT2D eigenvalue weighted by molar-refractivity contribution is 5.91. The molecule has 0 aliphatic rings. The second-order valence-electron chi connectivity index (χ2n) is 2.35. The Balaban J connectivity index is 2.98. The molecule has 0 spiro atoms. The SMILES string of the molecule is CCOc1cnc(C(=O)O)c(N)c1. The van der Waals surface area contributed by atoms with Crippen molar-refractivity contribution >= 4 is 11.7 Å². The largest absolute Gasteiger partial charge is 0.492 e. The molecule has 3 N–H and O–H groups in total. The van der Waals surface area contributed by atoms with Crippen molar-refractivity contribution in [2.75, 3.05) is 12.3 Å². The van der Waals surface area contributed by atoms with Crippen LogP contribution in [0.3, 0.4) is 0 Å². The van der Waals surface area contributed by atoms with Crippen molar-refractivity contribution in [3.8, 4) is 5.75 Å². The van der Waals surface area contributed by atoms with E-state index in [4.69, 9.17) is 15.6 Å². The Morgan fingerprint density at radius 3 is 2.92 bits per heavy atom. The molecule has 0 bridgehead atoms. The predicted molar refractivity (Wildman–Crippen MR) is 46.8 cm³/mol. The highest BCUT2D eigenvalue weighted by Crippen LogP contribution is 2.16. The van der Waals surface area contributed by atoms with Gasteiger partial charge in [0.25, 0.3) is 0 Å². The summed E-state index contributed by atoms with van der Waals surface area (Å²) in [6.45, 7) is 2.31. The minimum atomic E-state index is -1.14. The lowest BCUT2D eigenvalue weighted by molar-refractivity contribution is 0.0691. The van der Waals surface area contributed by atoms with Crippen LogP contribution in [0, 0.1) is 0 Å². The van der Waals surface area contributed by atoms with Gasteiger partial charge in [-0.25, -0.2) is 9.78 Å². The minimum Gasteiger partial charge on any atom is -0.492 e. The Morgan fingerprint density at radius 2 is 2.46 bits per heavy atom. The summed E-state index contributed by atoms with van der Waals surface area (Å²) in [5.74, 6) is -0.662. The highest BCUT2D eigenvalue weighted by Gasteiger charge is 2.09.